The summed E-state index contributed by atoms with van der Waals surface area (Å²) in [5.41, 5.74) is 0. The molecule has 0 spiro atoms. The van der Waals surface area contributed by atoms with Crippen molar-refractivity contribution in [1.82, 2.24) is 0 Å². The predicted octanol–water partition coefficient (Wildman–Crippen LogP) is 0.921. The Morgan fingerprint density at radius 2 is 1.80 bits per heavy atom. The van der Waals surface area contributed by atoms with Crippen LogP contribution in [-0.4, -0.2) is 37.4 Å². The second-order valence-corrected chi connectivity index (χ2v) is 3.54. The minimum Gasteiger partial charge on any atom is -0.481 e. The van der Waals surface area contributed by atoms with Crippen LogP contribution in [0.3, 0.4) is 0 Å². The molecule has 0 aliphatic heterocycles. The monoisotopic (exact) mass is 218 g/mol. The van der Waals surface area contributed by atoms with E-state index in [4.69, 9.17) is 9.84 Å². The average Bonchev–Trinajstić information content (AvgIpc) is 2.22. The minimum absolute atomic E-state index is 0.196. The molecule has 0 aliphatic carbocycles. The van der Waals surface area contributed by atoms with Gasteiger partial charge in [0.25, 0.3) is 0 Å². The van der Waals surface area contributed by atoms with Gasteiger partial charge in [-0.1, -0.05) is 6.92 Å². The summed E-state index contributed by atoms with van der Waals surface area (Å²) in [5, 5.41) is 8.97. The molecular formula is C10H18O5. The number of carbonyl (C=O) groups excluding carboxylic acids is 1. The van der Waals surface area contributed by atoms with Gasteiger partial charge < -0.3 is 14.6 Å². The third-order valence-electron chi connectivity index (χ3n) is 2.48. The third kappa shape index (κ3) is 4.29. The van der Waals surface area contributed by atoms with Crippen LogP contribution in [0.5, 0.6) is 0 Å². The van der Waals surface area contributed by atoms with Gasteiger partial charge in [0, 0.05) is 7.11 Å². The van der Waals surface area contributed by atoms with Crippen molar-refractivity contribution in [3.05, 3.63) is 0 Å². The molecule has 3 unspecified atom stereocenters. The first-order chi connectivity index (χ1) is 6.93. The Morgan fingerprint density at radius 3 is 2.13 bits per heavy atom. The molecule has 0 saturated carbocycles. The molecular weight excluding hydrogens is 200 g/mol. The van der Waals surface area contributed by atoms with E-state index in [1.54, 1.807) is 13.8 Å². The van der Waals surface area contributed by atoms with Gasteiger partial charge in [-0.3, -0.25) is 9.59 Å². The topological polar surface area (TPSA) is 72.8 Å². The summed E-state index contributed by atoms with van der Waals surface area (Å²) in [7, 11) is 2.75. The van der Waals surface area contributed by atoms with Gasteiger partial charge in [0.05, 0.1) is 25.0 Å². The lowest BCUT2D eigenvalue weighted by atomic mass is 9.89. The summed E-state index contributed by atoms with van der Waals surface area (Å²) in [5.74, 6) is -2.94. The van der Waals surface area contributed by atoms with Crippen molar-refractivity contribution in [2.75, 3.05) is 14.2 Å². The van der Waals surface area contributed by atoms with E-state index < -0.39 is 23.8 Å². The molecule has 15 heavy (non-hydrogen) atoms. The van der Waals surface area contributed by atoms with Crippen molar-refractivity contribution in [3.8, 4) is 0 Å². The third-order valence-corrected chi connectivity index (χ3v) is 2.48. The highest BCUT2D eigenvalue weighted by molar-refractivity contribution is 5.80. The fraction of sp³-hybridized carbons (Fsp3) is 0.800. The number of rotatable bonds is 6. The molecule has 0 amide bonds. The van der Waals surface area contributed by atoms with E-state index in [0.717, 1.165) is 0 Å². The summed E-state index contributed by atoms with van der Waals surface area (Å²) in [6.45, 7) is 3.31. The van der Waals surface area contributed by atoms with Crippen LogP contribution in [0.25, 0.3) is 0 Å². The van der Waals surface area contributed by atoms with E-state index >= 15 is 0 Å². The maximum absolute atomic E-state index is 11.2. The quantitative estimate of drug-likeness (QED) is 0.671. The van der Waals surface area contributed by atoms with Crippen LogP contribution in [0, 0.1) is 11.8 Å². The van der Waals surface area contributed by atoms with Gasteiger partial charge in [0.15, 0.2) is 0 Å². The zero-order chi connectivity index (χ0) is 12.0. The number of aliphatic carboxylic acids is 1. The zero-order valence-corrected chi connectivity index (χ0v) is 9.52. The van der Waals surface area contributed by atoms with Gasteiger partial charge in [0.1, 0.15) is 0 Å². The predicted molar refractivity (Wildman–Crippen MR) is 53.4 cm³/mol. The molecule has 3 atom stereocenters. The van der Waals surface area contributed by atoms with Gasteiger partial charge in [-0.05, 0) is 13.3 Å². The molecule has 1 N–H and O–H groups in total. The van der Waals surface area contributed by atoms with E-state index in [1.807, 2.05) is 0 Å². The van der Waals surface area contributed by atoms with Crippen LogP contribution >= 0.6 is 0 Å². The van der Waals surface area contributed by atoms with E-state index in [2.05, 4.69) is 4.74 Å². The molecule has 88 valence electrons. The number of carboxylic acids is 1. The van der Waals surface area contributed by atoms with E-state index in [9.17, 15) is 9.59 Å². The average molecular weight is 218 g/mol. The van der Waals surface area contributed by atoms with Crippen LogP contribution in [0.2, 0.25) is 0 Å². The summed E-state index contributed by atoms with van der Waals surface area (Å²) < 4.78 is 9.49. The summed E-state index contributed by atoms with van der Waals surface area (Å²) in [6, 6.07) is 0. The Balaban J connectivity index is 4.52. The van der Waals surface area contributed by atoms with Crippen molar-refractivity contribution in [2.24, 2.45) is 11.8 Å². The van der Waals surface area contributed by atoms with Gasteiger partial charge in [-0.25, -0.2) is 0 Å². The Bertz CT molecular complexity index is 226. The highest BCUT2D eigenvalue weighted by Gasteiger charge is 2.31. The fourth-order valence-corrected chi connectivity index (χ4v) is 1.32. The summed E-state index contributed by atoms with van der Waals surface area (Å²) in [4.78, 5) is 22.2. The molecule has 0 radical (unpaired) electrons. The molecule has 0 aromatic rings. The SMILES string of the molecule is COC(=O)C(C)C(CC(C)OC)C(=O)O. The lowest BCUT2D eigenvalue weighted by molar-refractivity contribution is -0.156. The fourth-order valence-electron chi connectivity index (χ4n) is 1.32. The maximum atomic E-state index is 11.2. The minimum atomic E-state index is -1.00. The van der Waals surface area contributed by atoms with Crippen LogP contribution in [0.15, 0.2) is 0 Å². The number of carboxylic acid groups (broad SMARTS) is 1. The molecule has 0 aromatic carbocycles. The standard InChI is InChI=1S/C10H18O5/c1-6(14-3)5-8(9(11)12)7(2)10(13)15-4/h6-8H,5H2,1-4H3,(H,11,12). The van der Waals surface area contributed by atoms with Crippen LogP contribution in [0.4, 0.5) is 0 Å². The van der Waals surface area contributed by atoms with Gasteiger partial charge in [-0.2, -0.15) is 0 Å². The van der Waals surface area contributed by atoms with Crippen molar-refractivity contribution < 1.29 is 24.2 Å². The Morgan fingerprint density at radius 1 is 1.27 bits per heavy atom. The number of esters is 1. The molecule has 0 saturated heterocycles. The van der Waals surface area contributed by atoms with E-state index in [0.29, 0.717) is 6.42 Å². The van der Waals surface area contributed by atoms with Crippen molar-refractivity contribution >= 4 is 11.9 Å². The molecule has 5 nitrogen and oxygen atoms in total. The highest BCUT2D eigenvalue weighted by atomic mass is 16.5. The molecule has 0 fully saturated rings. The first-order valence-corrected chi connectivity index (χ1v) is 4.77. The van der Waals surface area contributed by atoms with E-state index in [1.165, 1.54) is 14.2 Å². The molecule has 5 heteroatoms. The molecule has 0 aromatic heterocycles. The smallest absolute Gasteiger partial charge is 0.309 e. The molecule has 0 bridgehead atoms. The zero-order valence-electron chi connectivity index (χ0n) is 9.52. The molecule has 0 rings (SSSR count). The van der Waals surface area contributed by atoms with Crippen molar-refractivity contribution in [1.29, 1.82) is 0 Å². The Kier molecular flexibility index (Phi) is 5.93. The Hall–Kier alpha value is -1.10. The Labute approximate surface area is 89.4 Å². The number of methoxy groups -OCH3 is 2. The first-order valence-electron chi connectivity index (χ1n) is 4.77. The van der Waals surface area contributed by atoms with Crippen LogP contribution < -0.4 is 0 Å². The number of hydrogen-bond donors (Lipinski definition) is 1. The maximum Gasteiger partial charge on any atom is 0.309 e. The van der Waals surface area contributed by atoms with Gasteiger partial charge >= 0.3 is 11.9 Å². The number of ether oxygens (including phenoxy) is 2. The summed E-state index contributed by atoms with van der Waals surface area (Å²) >= 11 is 0. The first kappa shape index (κ1) is 13.9. The van der Waals surface area contributed by atoms with E-state index in [-0.39, 0.29) is 6.10 Å². The van der Waals surface area contributed by atoms with Crippen LogP contribution in [-0.2, 0) is 19.1 Å². The number of carbonyl (C=O) groups is 2. The van der Waals surface area contributed by atoms with Gasteiger partial charge in [0.2, 0.25) is 0 Å². The second kappa shape index (κ2) is 6.40. The lowest BCUT2D eigenvalue weighted by Gasteiger charge is -2.20. The normalized spacial score (nSPS) is 16.5. The lowest BCUT2D eigenvalue weighted by Crippen LogP contribution is -2.31. The molecule has 0 heterocycles. The summed E-state index contributed by atoms with van der Waals surface area (Å²) in [6.07, 6.45) is 0.0976. The van der Waals surface area contributed by atoms with Crippen molar-refractivity contribution in [3.63, 3.8) is 0 Å². The largest absolute Gasteiger partial charge is 0.481 e. The number of hydrogen-bond acceptors (Lipinski definition) is 4. The van der Waals surface area contributed by atoms with Crippen LogP contribution in [0.1, 0.15) is 20.3 Å². The van der Waals surface area contributed by atoms with Crippen molar-refractivity contribution in [2.45, 2.75) is 26.4 Å². The molecule has 0 aliphatic rings. The van der Waals surface area contributed by atoms with Gasteiger partial charge in [-0.15, -0.1) is 0 Å². The second-order valence-electron chi connectivity index (χ2n) is 3.54. The highest BCUT2D eigenvalue weighted by Crippen LogP contribution is 2.20.